The van der Waals surface area contributed by atoms with Gasteiger partial charge in [0.25, 0.3) is 11.6 Å². The fourth-order valence-corrected chi connectivity index (χ4v) is 4.87. The molecule has 1 heterocycles. The first kappa shape index (κ1) is 36.9. The molecule has 16 heteroatoms. The molecular formula is C32H39N3O13. The van der Waals surface area contributed by atoms with E-state index < -0.39 is 41.2 Å². The van der Waals surface area contributed by atoms with Crippen molar-refractivity contribution in [1.82, 2.24) is 4.90 Å². The summed E-state index contributed by atoms with van der Waals surface area (Å²) < 4.78 is 37.0. The molecule has 0 aromatic heterocycles. The Hall–Kier alpha value is -5.54. The molecule has 2 aromatic rings. The van der Waals surface area contributed by atoms with E-state index in [0.29, 0.717) is 19.4 Å². The molecule has 48 heavy (non-hydrogen) atoms. The topological polar surface area (TPSA) is 191 Å². The van der Waals surface area contributed by atoms with Crippen molar-refractivity contribution < 1.29 is 57.3 Å². The van der Waals surface area contributed by atoms with Gasteiger partial charge in [-0.25, -0.2) is 4.79 Å². The third kappa shape index (κ3) is 9.98. The fourth-order valence-electron chi connectivity index (χ4n) is 4.87. The van der Waals surface area contributed by atoms with Crippen molar-refractivity contribution in [3.63, 3.8) is 0 Å². The van der Waals surface area contributed by atoms with Crippen molar-refractivity contribution in [3.05, 3.63) is 58.2 Å². The van der Waals surface area contributed by atoms with E-state index in [4.69, 9.17) is 33.2 Å². The summed E-state index contributed by atoms with van der Waals surface area (Å²) in [5.74, 6) is -0.726. The van der Waals surface area contributed by atoms with E-state index in [1.807, 2.05) is 0 Å². The second kappa shape index (κ2) is 18.0. The van der Waals surface area contributed by atoms with Crippen LogP contribution in [0.15, 0.2) is 36.9 Å². The maximum Gasteiger partial charge on any atom is 0.411 e. The third-order valence-electron chi connectivity index (χ3n) is 7.17. The van der Waals surface area contributed by atoms with Crippen molar-refractivity contribution in [1.29, 1.82) is 0 Å². The van der Waals surface area contributed by atoms with Gasteiger partial charge in [0, 0.05) is 26.0 Å². The molecule has 16 nitrogen and oxygen atoms in total. The molecule has 0 radical (unpaired) electrons. The minimum Gasteiger partial charge on any atom is -0.493 e. The normalized spacial score (nSPS) is 13.6. The number of anilines is 1. The number of hydrogen-bond acceptors (Lipinski definition) is 13. The number of carbonyl (C=O) groups excluding carboxylic acids is 4. The molecule has 1 N–H and O–H groups in total. The molecule has 0 saturated carbocycles. The van der Waals surface area contributed by atoms with Crippen LogP contribution in [0.2, 0.25) is 0 Å². The largest absolute Gasteiger partial charge is 0.493 e. The molecule has 0 bridgehead atoms. The zero-order chi connectivity index (χ0) is 35.2. The lowest BCUT2D eigenvalue weighted by molar-refractivity contribution is -0.385. The zero-order valence-corrected chi connectivity index (χ0v) is 27.2. The minimum atomic E-state index is -1.02. The maximum atomic E-state index is 13.7. The zero-order valence-electron chi connectivity index (χ0n) is 27.2. The number of likely N-dealkylation sites (tertiary alicyclic amines) is 1. The van der Waals surface area contributed by atoms with Crippen LogP contribution in [-0.4, -0.2) is 87.5 Å². The molecule has 1 aliphatic heterocycles. The molecular weight excluding hydrogens is 634 g/mol. The van der Waals surface area contributed by atoms with Crippen molar-refractivity contribution in [2.75, 3.05) is 53.0 Å². The van der Waals surface area contributed by atoms with Crippen LogP contribution in [0.5, 0.6) is 23.0 Å². The number of methoxy groups -OCH3 is 3. The van der Waals surface area contributed by atoms with Crippen LogP contribution >= 0.6 is 0 Å². The predicted octanol–water partition coefficient (Wildman–Crippen LogP) is 4.43. The number of hydrogen-bond donors (Lipinski definition) is 1. The number of nitro benzene ring substituents is 1. The van der Waals surface area contributed by atoms with Gasteiger partial charge in [-0.3, -0.25) is 29.8 Å². The number of nitrogens with one attached hydrogen (secondary N) is 1. The standard InChI is InChI=1S/C32H39N3O13/c1-6-12-46-30(37)10-8-13-45-29-17-25(35(40)41)21(14-26(29)42-3)18-48-32(39)33-24-16-28(44-5)27(43-4)15-23(24)31(38)34-11-7-9-22(34)19-47-20(2)36/h6,14-17,22H,1,7-13,18-19H2,2-5H3,(H,33,39)/t22-/m0/s1. The molecule has 2 amide bonds. The Morgan fingerprint density at radius 1 is 1.00 bits per heavy atom. The fraction of sp³-hybridized carbons (Fsp3) is 0.438. The van der Waals surface area contributed by atoms with Crippen LogP contribution in [0.1, 0.15) is 48.5 Å². The molecule has 260 valence electrons. The number of nitro groups is 1. The molecule has 1 fully saturated rings. The quantitative estimate of drug-likeness (QED) is 0.0620. The highest BCUT2D eigenvalue weighted by Crippen LogP contribution is 2.37. The van der Waals surface area contributed by atoms with E-state index in [1.54, 1.807) is 4.90 Å². The van der Waals surface area contributed by atoms with E-state index in [9.17, 15) is 29.3 Å². The Morgan fingerprint density at radius 2 is 1.69 bits per heavy atom. The van der Waals surface area contributed by atoms with E-state index >= 15 is 0 Å². The average Bonchev–Trinajstić information content (AvgIpc) is 3.55. The molecule has 0 unspecified atom stereocenters. The molecule has 2 aromatic carbocycles. The Morgan fingerprint density at radius 3 is 2.33 bits per heavy atom. The lowest BCUT2D eigenvalue weighted by atomic mass is 10.1. The van der Waals surface area contributed by atoms with Gasteiger partial charge in [0.05, 0.1) is 61.8 Å². The van der Waals surface area contributed by atoms with Crippen molar-refractivity contribution in [3.8, 4) is 23.0 Å². The first-order chi connectivity index (χ1) is 23.0. The number of amides is 2. The summed E-state index contributed by atoms with van der Waals surface area (Å²) in [6, 6.07) is 4.88. The number of esters is 2. The number of rotatable bonds is 17. The Bertz CT molecular complexity index is 1510. The van der Waals surface area contributed by atoms with Crippen molar-refractivity contribution in [2.24, 2.45) is 0 Å². The van der Waals surface area contributed by atoms with Gasteiger partial charge in [-0.15, -0.1) is 0 Å². The van der Waals surface area contributed by atoms with Gasteiger partial charge in [-0.2, -0.15) is 0 Å². The third-order valence-corrected chi connectivity index (χ3v) is 7.17. The second-order valence-corrected chi connectivity index (χ2v) is 10.4. The van der Waals surface area contributed by atoms with Crippen LogP contribution in [0.4, 0.5) is 16.2 Å². The molecule has 1 atom stereocenters. The number of nitrogens with zero attached hydrogens (tertiary/aromatic N) is 2. The van der Waals surface area contributed by atoms with Crippen LogP contribution in [0.3, 0.4) is 0 Å². The van der Waals surface area contributed by atoms with Crippen LogP contribution in [-0.2, 0) is 30.4 Å². The smallest absolute Gasteiger partial charge is 0.411 e. The van der Waals surface area contributed by atoms with Crippen molar-refractivity contribution in [2.45, 2.75) is 45.3 Å². The second-order valence-electron chi connectivity index (χ2n) is 10.4. The average molecular weight is 674 g/mol. The van der Waals surface area contributed by atoms with Crippen LogP contribution in [0.25, 0.3) is 0 Å². The molecule has 1 aliphatic rings. The predicted molar refractivity (Wildman–Crippen MR) is 170 cm³/mol. The highest BCUT2D eigenvalue weighted by atomic mass is 16.6. The first-order valence-corrected chi connectivity index (χ1v) is 14.9. The summed E-state index contributed by atoms with van der Waals surface area (Å²) in [6.45, 7) is 4.77. The Kier molecular flexibility index (Phi) is 13.8. The monoisotopic (exact) mass is 673 g/mol. The van der Waals surface area contributed by atoms with Gasteiger partial charge in [-0.05, 0) is 31.4 Å². The molecule has 0 aliphatic carbocycles. The van der Waals surface area contributed by atoms with E-state index in [2.05, 4.69) is 11.9 Å². The lowest BCUT2D eigenvalue weighted by Crippen LogP contribution is -2.39. The highest BCUT2D eigenvalue weighted by Gasteiger charge is 2.32. The summed E-state index contributed by atoms with van der Waals surface area (Å²) in [5.41, 5.74) is -0.312. The van der Waals surface area contributed by atoms with E-state index in [0.717, 1.165) is 6.07 Å². The molecule has 3 rings (SSSR count). The van der Waals surface area contributed by atoms with Gasteiger partial charge in [0.15, 0.2) is 23.0 Å². The van der Waals surface area contributed by atoms with E-state index in [1.165, 1.54) is 52.5 Å². The Labute approximate surface area is 276 Å². The number of carbonyl (C=O) groups is 4. The minimum absolute atomic E-state index is 0.00124. The Balaban J connectivity index is 1.77. The summed E-state index contributed by atoms with van der Waals surface area (Å²) in [6.07, 6.45) is 2.08. The molecule has 1 saturated heterocycles. The van der Waals surface area contributed by atoms with Gasteiger partial charge in [-0.1, -0.05) is 12.7 Å². The number of benzene rings is 2. The summed E-state index contributed by atoms with van der Waals surface area (Å²) >= 11 is 0. The number of ether oxygens (including phenoxy) is 7. The summed E-state index contributed by atoms with van der Waals surface area (Å²) in [4.78, 5) is 62.6. The van der Waals surface area contributed by atoms with Crippen molar-refractivity contribution >= 4 is 35.3 Å². The van der Waals surface area contributed by atoms with Gasteiger partial charge >= 0.3 is 18.0 Å². The highest BCUT2D eigenvalue weighted by molar-refractivity contribution is 6.04. The van der Waals surface area contributed by atoms with Crippen LogP contribution in [0, 0.1) is 10.1 Å². The molecule has 0 spiro atoms. The summed E-state index contributed by atoms with van der Waals surface area (Å²) in [7, 11) is 4.12. The first-order valence-electron chi connectivity index (χ1n) is 14.9. The maximum absolute atomic E-state index is 13.7. The SMILES string of the molecule is C=CCOC(=O)CCCOc1cc([N+](=O)[O-])c(COC(=O)Nc2cc(OC)c(OC)cc2C(=O)N2CCC[C@H]2COC(C)=O)cc1OC. The van der Waals surface area contributed by atoms with Gasteiger partial charge in [0.2, 0.25) is 0 Å². The lowest BCUT2D eigenvalue weighted by Gasteiger charge is -2.26. The summed E-state index contributed by atoms with van der Waals surface area (Å²) in [5, 5.41) is 14.4. The van der Waals surface area contributed by atoms with E-state index in [-0.39, 0.29) is 78.5 Å². The van der Waals surface area contributed by atoms with Gasteiger partial charge in [0.1, 0.15) is 19.8 Å². The van der Waals surface area contributed by atoms with Crippen LogP contribution < -0.4 is 24.3 Å². The van der Waals surface area contributed by atoms with Gasteiger partial charge < -0.3 is 38.1 Å².